The van der Waals surface area contributed by atoms with E-state index in [0.29, 0.717) is 25.1 Å². The Balaban J connectivity index is 1.76. The van der Waals surface area contributed by atoms with Crippen LogP contribution in [0.4, 0.5) is 4.79 Å². The van der Waals surface area contributed by atoms with E-state index in [1.807, 2.05) is 5.32 Å². The van der Waals surface area contributed by atoms with Gasteiger partial charge in [-0.05, 0) is 12.8 Å². The third kappa shape index (κ3) is 4.27. The van der Waals surface area contributed by atoms with Crippen molar-refractivity contribution in [1.29, 1.82) is 0 Å². The van der Waals surface area contributed by atoms with E-state index >= 15 is 0 Å². The molecule has 1 aromatic heterocycles. The van der Waals surface area contributed by atoms with Gasteiger partial charge in [0.15, 0.2) is 0 Å². The number of urea groups is 1. The van der Waals surface area contributed by atoms with Crippen LogP contribution < -0.4 is 21.7 Å². The Morgan fingerprint density at radius 3 is 2.79 bits per heavy atom. The molecule has 150 valence electrons. The molecule has 6 N–H and O–H groups in total. The highest BCUT2D eigenvalue weighted by Gasteiger charge is 2.38. The second-order valence-corrected chi connectivity index (χ2v) is 6.71. The molecular weight excluding hydrogens is 370 g/mol. The third-order valence-corrected chi connectivity index (χ3v) is 4.72. The number of hydrogen-bond donors (Lipinski definition) is 5. The quantitative estimate of drug-likeness (QED) is 0.358. The zero-order valence-corrected chi connectivity index (χ0v) is 14.9. The lowest BCUT2D eigenvalue weighted by Crippen LogP contribution is -2.61. The Morgan fingerprint density at radius 2 is 2.14 bits per heavy atom. The van der Waals surface area contributed by atoms with E-state index in [9.17, 15) is 24.0 Å². The van der Waals surface area contributed by atoms with Crippen LogP contribution in [0.15, 0.2) is 12.5 Å². The largest absolute Gasteiger partial charge is 0.368 e. The van der Waals surface area contributed by atoms with Crippen LogP contribution >= 0.6 is 0 Å². The number of amides is 6. The SMILES string of the molecule is NC(=O)[C@H]1CCCN1C(=O)[C@@H](Cc1cnc[nH]1)NC(=O)[C@@H]1CC(=O)NC(=O)N1. The first kappa shape index (κ1) is 19.3. The van der Waals surface area contributed by atoms with Crippen molar-refractivity contribution in [1.82, 2.24) is 30.8 Å². The number of nitrogens with zero attached hydrogens (tertiary/aromatic N) is 2. The monoisotopic (exact) mass is 391 g/mol. The summed E-state index contributed by atoms with van der Waals surface area (Å²) >= 11 is 0. The van der Waals surface area contributed by atoms with Crippen LogP contribution in [0.2, 0.25) is 0 Å². The van der Waals surface area contributed by atoms with E-state index in [4.69, 9.17) is 5.73 Å². The normalized spacial score (nSPS) is 22.9. The molecule has 0 aliphatic carbocycles. The van der Waals surface area contributed by atoms with Crippen molar-refractivity contribution >= 4 is 29.7 Å². The summed E-state index contributed by atoms with van der Waals surface area (Å²) in [6, 6.07) is -3.62. The summed E-state index contributed by atoms with van der Waals surface area (Å²) in [7, 11) is 0. The number of aromatic amines is 1. The number of H-pyrrole nitrogens is 1. The molecule has 0 spiro atoms. The number of nitrogens with two attached hydrogens (primary N) is 1. The first-order chi connectivity index (χ1) is 13.3. The molecule has 12 nitrogen and oxygen atoms in total. The molecular formula is C16H21N7O5. The van der Waals surface area contributed by atoms with Crippen LogP contribution in [-0.4, -0.2) is 69.2 Å². The van der Waals surface area contributed by atoms with Gasteiger partial charge in [-0.1, -0.05) is 0 Å². The molecule has 3 atom stereocenters. The molecule has 12 heteroatoms. The number of rotatable bonds is 6. The number of aromatic nitrogens is 2. The van der Waals surface area contributed by atoms with Crippen LogP contribution in [0.5, 0.6) is 0 Å². The van der Waals surface area contributed by atoms with Gasteiger partial charge < -0.3 is 26.3 Å². The number of hydrogen-bond acceptors (Lipinski definition) is 6. The molecule has 2 saturated heterocycles. The second-order valence-electron chi connectivity index (χ2n) is 6.71. The second kappa shape index (κ2) is 8.06. The van der Waals surface area contributed by atoms with Crippen LogP contribution in [0, 0.1) is 0 Å². The summed E-state index contributed by atoms with van der Waals surface area (Å²) in [5.41, 5.74) is 5.98. The average Bonchev–Trinajstić information content (AvgIpc) is 3.31. The number of primary amides is 1. The standard InChI is InChI=1S/C16H21N7O5/c17-13(25)11-2-1-3-23(11)15(27)10(4-8-6-18-7-19-8)20-14(26)9-5-12(24)22-16(28)21-9/h6-7,9-11H,1-5H2,(H2,17,25)(H,18,19)(H,20,26)(H2,21,22,24,28)/t9-,10+,11+/m0/s1. The molecule has 1 aromatic rings. The maximum absolute atomic E-state index is 13.0. The minimum atomic E-state index is -1.09. The highest BCUT2D eigenvalue weighted by Crippen LogP contribution is 2.19. The van der Waals surface area contributed by atoms with E-state index in [2.05, 4.69) is 20.6 Å². The lowest BCUT2D eigenvalue weighted by Gasteiger charge is -2.29. The number of nitrogens with one attached hydrogen (secondary N) is 4. The van der Waals surface area contributed by atoms with Gasteiger partial charge in [0.2, 0.25) is 23.6 Å². The van der Waals surface area contributed by atoms with Crippen molar-refractivity contribution in [2.75, 3.05) is 6.54 Å². The van der Waals surface area contributed by atoms with Gasteiger partial charge in [-0.25, -0.2) is 9.78 Å². The van der Waals surface area contributed by atoms with Gasteiger partial charge in [-0.2, -0.15) is 0 Å². The summed E-state index contributed by atoms with van der Waals surface area (Å²) in [5, 5.41) is 6.95. The van der Waals surface area contributed by atoms with Crippen molar-refractivity contribution in [3.8, 4) is 0 Å². The first-order valence-corrected chi connectivity index (χ1v) is 8.83. The number of imide groups is 1. The molecule has 0 saturated carbocycles. The van der Waals surface area contributed by atoms with Gasteiger partial charge in [-0.15, -0.1) is 0 Å². The Morgan fingerprint density at radius 1 is 1.36 bits per heavy atom. The van der Waals surface area contributed by atoms with Gasteiger partial charge in [0.25, 0.3) is 0 Å². The molecule has 0 radical (unpaired) electrons. The van der Waals surface area contributed by atoms with Crippen molar-refractivity contribution in [2.24, 2.45) is 5.73 Å². The van der Waals surface area contributed by atoms with E-state index in [0.717, 1.165) is 0 Å². The zero-order valence-electron chi connectivity index (χ0n) is 14.9. The predicted octanol–water partition coefficient (Wildman–Crippen LogP) is -2.49. The molecule has 28 heavy (non-hydrogen) atoms. The Kier molecular flexibility index (Phi) is 5.57. The van der Waals surface area contributed by atoms with E-state index < -0.39 is 47.8 Å². The molecule has 2 fully saturated rings. The summed E-state index contributed by atoms with van der Waals surface area (Å²) in [6.07, 6.45) is 3.90. The minimum absolute atomic E-state index is 0.0966. The molecule has 6 amide bonds. The molecule has 3 rings (SSSR count). The van der Waals surface area contributed by atoms with Crippen molar-refractivity contribution < 1.29 is 24.0 Å². The van der Waals surface area contributed by atoms with Crippen molar-refractivity contribution in [3.63, 3.8) is 0 Å². The topological polar surface area (TPSA) is 179 Å². The molecule has 2 aliphatic heterocycles. The lowest BCUT2D eigenvalue weighted by atomic mass is 10.1. The Labute approximate surface area is 159 Å². The number of carbonyl (C=O) groups is 5. The third-order valence-electron chi connectivity index (χ3n) is 4.72. The van der Waals surface area contributed by atoms with Crippen LogP contribution in [0.1, 0.15) is 25.0 Å². The van der Waals surface area contributed by atoms with Crippen molar-refractivity contribution in [2.45, 2.75) is 43.8 Å². The number of carbonyl (C=O) groups excluding carboxylic acids is 5. The molecule has 0 aromatic carbocycles. The van der Waals surface area contributed by atoms with Gasteiger partial charge in [0, 0.05) is 24.9 Å². The van der Waals surface area contributed by atoms with E-state index in [-0.39, 0.29) is 12.8 Å². The lowest BCUT2D eigenvalue weighted by molar-refractivity contribution is -0.141. The smallest absolute Gasteiger partial charge is 0.322 e. The predicted molar refractivity (Wildman–Crippen MR) is 93.2 cm³/mol. The zero-order chi connectivity index (χ0) is 20.3. The summed E-state index contributed by atoms with van der Waals surface area (Å²) < 4.78 is 0. The fraction of sp³-hybridized carbons (Fsp3) is 0.500. The first-order valence-electron chi connectivity index (χ1n) is 8.83. The van der Waals surface area contributed by atoms with Crippen molar-refractivity contribution in [3.05, 3.63) is 18.2 Å². The summed E-state index contributed by atoms with van der Waals surface area (Å²) in [4.78, 5) is 68.3. The van der Waals surface area contributed by atoms with Crippen LogP contribution in [-0.2, 0) is 25.6 Å². The van der Waals surface area contributed by atoms with Crippen LogP contribution in [0.3, 0.4) is 0 Å². The number of imidazole rings is 1. The fourth-order valence-corrected chi connectivity index (χ4v) is 3.38. The molecule has 0 bridgehead atoms. The molecule has 0 unspecified atom stereocenters. The average molecular weight is 391 g/mol. The summed E-state index contributed by atoms with van der Waals surface area (Å²) in [6.45, 7) is 0.352. The Hall–Kier alpha value is -3.44. The highest BCUT2D eigenvalue weighted by atomic mass is 16.2. The minimum Gasteiger partial charge on any atom is -0.368 e. The fourth-order valence-electron chi connectivity index (χ4n) is 3.38. The highest BCUT2D eigenvalue weighted by molar-refractivity contribution is 6.03. The maximum Gasteiger partial charge on any atom is 0.322 e. The molecule has 3 heterocycles. The van der Waals surface area contributed by atoms with Gasteiger partial charge in [0.05, 0.1) is 12.7 Å². The van der Waals surface area contributed by atoms with E-state index in [1.54, 1.807) is 0 Å². The Bertz CT molecular complexity index is 777. The maximum atomic E-state index is 13.0. The van der Waals surface area contributed by atoms with Crippen LogP contribution in [0.25, 0.3) is 0 Å². The molecule has 2 aliphatic rings. The summed E-state index contributed by atoms with van der Waals surface area (Å²) in [5.74, 6) is -2.32. The number of likely N-dealkylation sites (tertiary alicyclic amines) is 1. The van der Waals surface area contributed by atoms with E-state index in [1.165, 1.54) is 17.4 Å². The van der Waals surface area contributed by atoms with Gasteiger partial charge >= 0.3 is 6.03 Å². The van der Waals surface area contributed by atoms with Gasteiger partial charge in [0.1, 0.15) is 18.1 Å². The van der Waals surface area contributed by atoms with Gasteiger partial charge in [-0.3, -0.25) is 24.5 Å².